The molecule has 0 atom stereocenters. The van der Waals surface area contributed by atoms with Gasteiger partial charge in [-0.05, 0) is 44.5 Å². The lowest BCUT2D eigenvalue weighted by atomic mass is 9.90. The second-order valence-corrected chi connectivity index (χ2v) is 5.30. The maximum absolute atomic E-state index is 5.34. The van der Waals surface area contributed by atoms with E-state index in [1.807, 2.05) is 0 Å². The van der Waals surface area contributed by atoms with E-state index in [4.69, 9.17) is 4.42 Å². The van der Waals surface area contributed by atoms with E-state index < -0.39 is 0 Å². The van der Waals surface area contributed by atoms with Crippen LogP contribution in [0.15, 0.2) is 41.3 Å². The fraction of sp³-hybridized carbons (Fsp3) is 0.267. The second-order valence-electron chi connectivity index (χ2n) is 5.30. The van der Waals surface area contributed by atoms with Gasteiger partial charge in [0.1, 0.15) is 0 Å². The van der Waals surface area contributed by atoms with Crippen molar-refractivity contribution in [2.75, 3.05) is 5.32 Å². The van der Waals surface area contributed by atoms with Crippen LogP contribution in [0.3, 0.4) is 0 Å². The van der Waals surface area contributed by atoms with E-state index in [0.717, 1.165) is 11.3 Å². The van der Waals surface area contributed by atoms with E-state index >= 15 is 0 Å². The minimum absolute atomic E-state index is 0.00480. The number of hydrogen-bond acceptors (Lipinski definition) is 3. The lowest BCUT2D eigenvalue weighted by Crippen LogP contribution is -2.31. The summed E-state index contributed by atoms with van der Waals surface area (Å²) < 4.78 is 5.34. The van der Waals surface area contributed by atoms with E-state index in [-0.39, 0.29) is 5.54 Å². The number of nitrogens with one attached hydrogen (secondary N) is 1. The summed E-state index contributed by atoms with van der Waals surface area (Å²) in [4.78, 5) is 3.96. The van der Waals surface area contributed by atoms with Gasteiger partial charge in [-0.25, -0.2) is 4.98 Å². The van der Waals surface area contributed by atoms with E-state index in [0.29, 0.717) is 0 Å². The number of oxazole rings is 1. The van der Waals surface area contributed by atoms with Crippen molar-refractivity contribution in [1.29, 1.82) is 0 Å². The summed E-state index contributed by atoms with van der Waals surface area (Å²) in [6, 6.07) is 6.30. The Balaban J connectivity index is 2.10. The number of benzene rings is 1. The number of rotatable bonds is 1. The van der Waals surface area contributed by atoms with Crippen LogP contribution in [-0.4, -0.2) is 10.5 Å². The van der Waals surface area contributed by atoms with Gasteiger partial charge in [-0.2, -0.15) is 0 Å². The van der Waals surface area contributed by atoms with Gasteiger partial charge in [0.15, 0.2) is 12.2 Å². The van der Waals surface area contributed by atoms with Crippen molar-refractivity contribution in [1.82, 2.24) is 4.98 Å². The minimum atomic E-state index is 0.00480. The average Bonchev–Trinajstić information content (AvgIpc) is 2.80. The Morgan fingerprint density at radius 2 is 2.11 bits per heavy atom. The highest BCUT2D eigenvalue weighted by Crippen LogP contribution is 2.36. The van der Waals surface area contributed by atoms with Gasteiger partial charge in [0.05, 0.1) is 11.7 Å². The van der Waals surface area contributed by atoms with Crippen LogP contribution < -0.4 is 5.32 Å². The summed E-state index contributed by atoms with van der Waals surface area (Å²) in [5.74, 6) is 0.801. The first kappa shape index (κ1) is 11.1. The molecule has 18 heavy (non-hydrogen) atoms. The molecule has 0 amide bonds. The largest absolute Gasteiger partial charge is 0.444 e. The van der Waals surface area contributed by atoms with Gasteiger partial charge >= 0.3 is 0 Å². The molecule has 0 unspecified atom stereocenters. The van der Waals surface area contributed by atoms with Crippen molar-refractivity contribution >= 4 is 11.3 Å². The van der Waals surface area contributed by atoms with Crippen molar-refractivity contribution < 1.29 is 4.42 Å². The number of allylic oxidation sites excluding steroid dienone is 1. The molecule has 1 aliphatic rings. The third-order valence-electron chi connectivity index (χ3n) is 3.20. The first-order valence-electron chi connectivity index (χ1n) is 6.06. The maximum Gasteiger partial charge on any atom is 0.181 e. The Kier molecular flexibility index (Phi) is 2.30. The first-order chi connectivity index (χ1) is 8.55. The van der Waals surface area contributed by atoms with Crippen LogP contribution in [-0.2, 0) is 0 Å². The zero-order valence-electron chi connectivity index (χ0n) is 10.8. The third-order valence-corrected chi connectivity index (χ3v) is 3.20. The van der Waals surface area contributed by atoms with E-state index in [9.17, 15) is 0 Å². The number of anilines is 1. The average molecular weight is 240 g/mol. The topological polar surface area (TPSA) is 38.1 Å². The lowest BCUT2D eigenvalue weighted by Gasteiger charge is -2.31. The summed E-state index contributed by atoms with van der Waals surface area (Å²) in [6.07, 6.45) is 5.44. The molecule has 3 heteroatoms. The van der Waals surface area contributed by atoms with Gasteiger partial charge in [0.2, 0.25) is 0 Å². The predicted octanol–water partition coefficient (Wildman–Crippen LogP) is 3.95. The molecule has 1 aromatic heterocycles. The fourth-order valence-electron chi connectivity index (χ4n) is 2.49. The van der Waals surface area contributed by atoms with Crippen molar-refractivity contribution in [2.45, 2.75) is 26.3 Å². The zero-order valence-corrected chi connectivity index (χ0v) is 10.8. The Hall–Kier alpha value is -2.03. The Bertz CT molecular complexity index is 609. The van der Waals surface area contributed by atoms with Crippen molar-refractivity contribution in [2.24, 2.45) is 0 Å². The quantitative estimate of drug-likeness (QED) is 0.820. The molecule has 92 valence electrons. The molecule has 0 bridgehead atoms. The predicted molar refractivity (Wildman–Crippen MR) is 73.3 cm³/mol. The summed E-state index contributed by atoms with van der Waals surface area (Å²) in [5.41, 5.74) is 4.74. The Labute approximate surface area is 107 Å². The molecule has 2 heterocycles. The summed E-state index contributed by atoms with van der Waals surface area (Å²) in [7, 11) is 0. The van der Waals surface area contributed by atoms with Gasteiger partial charge in [0.25, 0.3) is 0 Å². The van der Waals surface area contributed by atoms with Crippen molar-refractivity contribution in [3.05, 3.63) is 42.4 Å². The number of nitrogens with zero attached hydrogens (tertiary/aromatic N) is 1. The Morgan fingerprint density at radius 3 is 2.83 bits per heavy atom. The van der Waals surface area contributed by atoms with E-state index in [1.54, 1.807) is 6.20 Å². The highest BCUT2D eigenvalue weighted by atomic mass is 16.3. The molecule has 3 rings (SSSR count). The van der Waals surface area contributed by atoms with Crippen LogP contribution in [0.1, 0.15) is 26.3 Å². The first-order valence-corrected chi connectivity index (χ1v) is 6.06. The molecule has 0 aliphatic carbocycles. The molecule has 0 fully saturated rings. The zero-order chi connectivity index (χ0) is 12.8. The van der Waals surface area contributed by atoms with Gasteiger partial charge in [-0.1, -0.05) is 6.08 Å². The van der Waals surface area contributed by atoms with Crippen LogP contribution in [0.25, 0.3) is 16.9 Å². The van der Waals surface area contributed by atoms with Crippen molar-refractivity contribution in [3.8, 4) is 11.3 Å². The molecule has 0 saturated heterocycles. The van der Waals surface area contributed by atoms with Crippen LogP contribution in [0.2, 0.25) is 0 Å². The SMILES string of the molecule is CC1=CC(C)(C)Nc2ccc(-c3cnco3)cc21. The highest BCUT2D eigenvalue weighted by Gasteiger charge is 2.22. The Morgan fingerprint density at radius 1 is 1.28 bits per heavy atom. The molecule has 1 N–H and O–H groups in total. The van der Waals surface area contributed by atoms with Gasteiger partial charge < -0.3 is 9.73 Å². The molecule has 3 nitrogen and oxygen atoms in total. The number of aromatic nitrogens is 1. The molecular weight excluding hydrogens is 224 g/mol. The van der Waals surface area contributed by atoms with Crippen LogP contribution in [0.4, 0.5) is 5.69 Å². The van der Waals surface area contributed by atoms with Crippen molar-refractivity contribution in [3.63, 3.8) is 0 Å². The standard InChI is InChI=1S/C15H16N2O/c1-10-7-15(2,3)17-13-5-4-11(6-12(10)13)14-8-16-9-18-14/h4-9,17H,1-3H3. The molecule has 1 aliphatic heterocycles. The van der Waals surface area contributed by atoms with Crippen LogP contribution in [0.5, 0.6) is 0 Å². The molecule has 1 aromatic carbocycles. The smallest absolute Gasteiger partial charge is 0.181 e. The van der Waals surface area contributed by atoms with E-state index in [1.165, 1.54) is 23.2 Å². The van der Waals surface area contributed by atoms with Gasteiger partial charge in [-0.15, -0.1) is 0 Å². The monoisotopic (exact) mass is 240 g/mol. The molecular formula is C15H16N2O. The summed E-state index contributed by atoms with van der Waals surface area (Å²) in [6.45, 7) is 6.49. The lowest BCUT2D eigenvalue weighted by molar-refractivity contribution is 0.572. The minimum Gasteiger partial charge on any atom is -0.444 e. The third kappa shape index (κ3) is 1.82. The summed E-state index contributed by atoms with van der Waals surface area (Å²) >= 11 is 0. The van der Waals surface area contributed by atoms with Gasteiger partial charge in [0, 0.05) is 16.8 Å². The number of hydrogen-bond donors (Lipinski definition) is 1. The fourth-order valence-corrected chi connectivity index (χ4v) is 2.49. The number of fused-ring (bicyclic) bond motifs is 1. The summed E-state index contributed by atoms with van der Waals surface area (Å²) in [5, 5.41) is 3.52. The maximum atomic E-state index is 5.34. The van der Waals surface area contributed by atoms with Crippen LogP contribution >= 0.6 is 0 Å². The van der Waals surface area contributed by atoms with Gasteiger partial charge in [-0.3, -0.25) is 0 Å². The second kappa shape index (κ2) is 3.73. The molecule has 0 radical (unpaired) electrons. The molecule has 2 aromatic rings. The molecule has 0 saturated carbocycles. The van der Waals surface area contributed by atoms with Crippen LogP contribution in [0, 0.1) is 0 Å². The van der Waals surface area contributed by atoms with E-state index in [2.05, 4.69) is 55.3 Å². The molecule has 0 spiro atoms. The highest BCUT2D eigenvalue weighted by molar-refractivity contribution is 5.83. The normalized spacial score (nSPS) is 16.7.